The summed E-state index contributed by atoms with van der Waals surface area (Å²) in [6.07, 6.45) is 2.35. The Kier molecular flexibility index (Phi) is 6.00. The lowest BCUT2D eigenvalue weighted by Gasteiger charge is -2.24. The number of amides is 1. The Labute approximate surface area is 230 Å². The third-order valence-electron chi connectivity index (χ3n) is 7.33. The largest absolute Gasteiger partial charge is 0.505 e. The van der Waals surface area contributed by atoms with Crippen molar-refractivity contribution in [1.29, 1.82) is 0 Å². The Morgan fingerprint density at radius 2 is 1.79 bits per heavy atom. The Bertz CT molecular complexity index is 1680. The number of nitrogens with one attached hydrogen (secondary N) is 1. The lowest BCUT2D eigenvalue weighted by Crippen LogP contribution is -2.21. The monoisotopic (exact) mass is 537 g/mol. The second kappa shape index (κ2) is 9.53. The Hall–Kier alpha value is -4.75. The van der Waals surface area contributed by atoms with Crippen molar-refractivity contribution < 1.29 is 19.8 Å². The number of hydrogen-bond acceptors (Lipinski definition) is 5. The number of para-hydroxylation sites is 2. The first-order valence-corrected chi connectivity index (χ1v) is 12.8. The maximum absolute atomic E-state index is 13.7. The van der Waals surface area contributed by atoms with E-state index in [-0.39, 0.29) is 23.3 Å². The second-order valence-electron chi connectivity index (χ2n) is 9.56. The Morgan fingerprint density at radius 1 is 1.00 bits per heavy atom. The predicted molar refractivity (Wildman–Crippen MR) is 153 cm³/mol. The van der Waals surface area contributed by atoms with Crippen LogP contribution in [0.2, 0.25) is 5.02 Å². The van der Waals surface area contributed by atoms with Gasteiger partial charge in [0, 0.05) is 35.1 Å². The molecule has 6 rings (SSSR count). The predicted octanol–water partition coefficient (Wildman–Crippen LogP) is 6.61. The van der Waals surface area contributed by atoms with Crippen LogP contribution in [0.1, 0.15) is 33.1 Å². The molecule has 0 spiro atoms. The maximum Gasteiger partial charge on any atom is 0.335 e. The van der Waals surface area contributed by atoms with E-state index in [1.807, 2.05) is 31.3 Å². The number of aromatic carboxylic acids is 1. The molecule has 0 bridgehead atoms. The van der Waals surface area contributed by atoms with Crippen molar-refractivity contribution in [3.05, 3.63) is 118 Å². The van der Waals surface area contributed by atoms with Crippen LogP contribution in [0.3, 0.4) is 0 Å². The number of halogens is 1. The summed E-state index contributed by atoms with van der Waals surface area (Å²) in [5.74, 6) is -1.31. The number of carboxylic acids is 1. The summed E-state index contributed by atoms with van der Waals surface area (Å²) < 4.78 is 0. The fraction of sp³-hybridized carbons (Fsp3) is 0.0968. The topological polar surface area (TPSA) is 93.1 Å². The zero-order valence-corrected chi connectivity index (χ0v) is 21.7. The number of fused-ring (bicyclic) bond motifs is 2. The number of carboxylic acid groups (broad SMARTS) is 1. The molecule has 0 saturated carbocycles. The number of benzene rings is 4. The summed E-state index contributed by atoms with van der Waals surface area (Å²) in [4.78, 5) is 28.8. The zero-order chi connectivity index (χ0) is 27.3. The summed E-state index contributed by atoms with van der Waals surface area (Å²) in [7, 11) is 2.02. The summed E-state index contributed by atoms with van der Waals surface area (Å²) in [6, 6.07) is 25.0. The van der Waals surface area contributed by atoms with Crippen LogP contribution in [-0.2, 0) is 11.2 Å². The third-order valence-corrected chi connectivity index (χ3v) is 7.56. The molecule has 0 radical (unpaired) electrons. The van der Waals surface area contributed by atoms with Gasteiger partial charge in [0.25, 0.3) is 5.91 Å². The number of nitrogens with zero attached hydrogens (tertiary/aromatic N) is 2. The molecular weight excluding hydrogens is 514 g/mol. The van der Waals surface area contributed by atoms with Gasteiger partial charge in [-0.15, -0.1) is 0 Å². The molecule has 39 heavy (non-hydrogen) atoms. The van der Waals surface area contributed by atoms with Crippen molar-refractivity contribution >= 4 is 51.8 Å². The van der Waals surface area contributed by atoms with Gasteiger partial charge >= 0.3 is 5.97 Å². The molecule has 194 valence electrons. The average Bonchev–Trinajstić information content (AvgIpc) is 3.41. The van der Waals surface area contributed by atoms with E-state index in [0.29, 0.717) is 33.2 Å². The van der Waals surface area contributed by atoms with Crippen molar-refractivity contribution in [2.24, 2.45) is 0 Å². The van der Waals surface area contributed by atoms with Gasteiger partial charge in [-0.05, 0) is 54.4 Å². The van der Waals surface area contributed by atoms with E-state index >= 15 is 0 Å². The molecule has 2 aliphatic heterocycles. The van der Waals surface area contributed by atoms with E-state index in [0.717, 1.165) is 17.7 Å². The zero-order valence-electron chi connectivity index (χ0n) is 20.9. The van der Waals surface area contributed by atoms with E-state index in [1.54, 1.807) is 42.6 Å². The van der Waals surface area contributed by atoms with E-state index in [2.05, 4.69) is 22.3 Å². The highest BCUT2D eigenvalue weighted by Gasteiger charge is 2.34. The molecule has 4 aromatic rings. The number of carbonyl (C=O) groups excluding carboxylic acids is 1. The second-order valence-corrected chi connectivity index (χ2v) is 10.00. The van der Waals surface area contributed by atoms with Crippen molar-refractivity contribution in [2.75, 3.05) is 22.2 Å². The van der Waals surface area contributed by atoms with Crippen LogP contribution >= 0.6 is 11.6 Å². The highest BCUT2D eigenvalue weighted by atomic mass is 35.5. The number of phenols is 1. The number of aromatic hydroxyl groups is 1. The fourth-order valence-corrected chi connectivity index (χ4v) is 5.56. The minimum Gasteiger partial charge on any atom is -0.505 e. The lowest BCUT2D eigenvalue weighted by atomic mass is 10.0. The van der Waals surface area contributed by atoms with E-state index < -0.39 is 5.97 Å². The highest BCUT2D eigenvalue weighted by Crippen LogP contribution is 2.45. The van der Waals surface area contributed by atoms with Crippen LogP contribution in [0.5, 0.6) is 5.75 Å². The highest BCUT2D eigenvalue weighted by molar-refractivity contribution is 6.37. The molecule has 0 aliphatic carbocycles. The molecule has 4 aromatic carbocycles. The van der Waals surface area contributed by atoms with Crippen LogP contribution in [-0.4, -0.2) is 29.1 Å². The number of anilines is 4. The molecular formula is C31H24ClN3O4. The molecule has 2 heterocycles. The molecule has 3 N–H and O–H groups in total. The molecule has 0 aromatic heterocycles. The van der Waals surface area contributed by atoms with Gasteiger partial charge in [0.2, 0.25) is 0 Å². The van der Waals surface area contributed by atoms with Crippen molar-refractivity contribution in [1.82, 2.24) is 0 Å². The van der Waals surface area contributed by atoms with Crippen LogP contribution in [0.4, 0.5) is 22.7 Å². The van der Waals surface area contributed by atoms with Crippen molar-refractivity contribution in [3.8, 4) is 5.75 Å². The third kappa shape index (κ3) is 4.17. The molecule has 0 fully saturated rings. The Morgan fingerprint density at radius 3 is 2.59 bits per heavy atom. The molecule has 8 heteroatoms. The van der Waals surface area contributed by atoms with Gasteiger partial charge in [-0.2, -0.15) is 0 Å². The number of rotatable bonds is 5. The minimum atomic E-state index is -1.08. The first-order valence-electron chi connectivity index (χ1n) is 12.4. The van der Waals surface area contributed by atoms with Gasteiger partial charge in [-0.25, -0.2) is 4.79 Å². The quantitative estimate of drug-likeness (QED) is 0.196. The van der Waals surface area contributed by atoms with Crippen LogP contribution in [0.25, 0.3) is 5.57 Å². The van der Waals surface area contributed by atoms with E-state index in [4.69, 9.17) is 11.6 Å². The van der Waals surface area contributed by atoms with Crippen LogP contribution < -0.4 is 15.1 Å². The summed E-state index contributed by atoms with van der Waals surface area (Å²) in [5.41, 5.74) is 5.65. The summed E-state index contributed by atoms with van der Waals surface area (Å²) >= 11 is 6.27. The van der Waals surface area contributed by atoms with Crippen LogP contribution in [0, 0.1) is 0 Å². The minimum absolute atomic E-state index is 0.0233. The average molecular weight is 538 g/mol. The first kappa shape index (κ1) is 24.6. The van der Waals surface area contributed by atoms with E-state index in [9.17, 15) is 19.8 Å². The van der Waals surface area contributed by atoms with Gasteiger partial charge in [0.1, 0.15) is 5.75 Å². The SMILES string of the molecule is CN1c2ccccc2CC1c1cccc(N/C=C2\C(=O)N(c3cccc(C(=O)O)c3)c3cc(Cl)ccc32)c1O. The van der Waals surface area contributed by atoms with Crippen molar-refractivity contribution in [3.63, 3.8) is 0 Å². The standard InChI is InChI=1S/C31H24ClN3O4/c1-34-26-11-3-2-6-18(26)15-27(34)23-9-5-10-25(29(23)36)33-17-24-22-13-12-20(32)16-28(22)35(30(24)37)21-8-4-7-19(14-21)31(38)39/h2-14,16-17,27,33,36H,15H2,1H3,(H,38,39)/b24-17-. The molecule has 0 saturated heterocycles. The lowest BCUT2D eigenvalue weighted by molar-refractivity contribution is -0.112. The molecule has 1 atom stereocenters. The van der Waals surface area contributed by atoms with Gasteiger partial charge in [-0.1, -0.05) is 54.1 Å². The number of carbonyl (C=O) groups is 2. The van der Waals surface area contributed by atoms with E-state index in [1.165, 1.54) is 22.6 Å². The number of likely N-dealkylation sites (N-methyl/N-ethyl adjacent to an activating group) is 1. The normalized spacial score (nSPS) is 16.9. The first-order chi connectivity index (χ1) is 18.8. The van der Waals surface area contributed by atoms with Gasteiger partial charge < -0.3 is 20.4 Å². The van der Waals surface area contributed by atoms with Gasteiger partial charge in [0.05, 0.1) is 34.2 Å². The smallest absolute Gasteiger partial charge is 0.335 e. The summed E-state index contributed by atoms with van der Waals surface area (Å²) in [6.45, 7) is 0. The molecule has 2 aliphatic rings. The molecule has 7 nitrogen and oxygen atoms in total. The maximum atomic E-state index is 13.7. The Balaban J connectivity index is 1.34. The van der Waals surface area contributed by atoms with Crippen molar-refractivity contribution in [2.45, 2.75) is 12.5 Å². The summed E-state index contributed by atoms with van der Waals surface area (Å²) in [5, 5.41) is 24.3. The van der Waals surface area contributed by atoms with Gasteiger partial charge in [0.15, 0.2) is 0 Å². The molecule has 1 amide bonds. The number of phenolic OH excluding ortho intramolecular Hbond substituents is 1. The van der Waals surface area contributed by atoms with Crippen LogP contribution in [0.15, 0.2) is 91.1 Å². The fourth-order valence-electron chi connectivity index (χ4n) is 5.39. The molecule has 1 unspecified atom stereocenters. The van der Waals surface area contributed by atoms with Gasteiger partial charge in [-0.3, -0.25) is 9.69 Å². The number of hydrogen-bond donors (Lipinski definition) is 3.